The van der Waals surface area contributed by atoms with Crippen molar-refractivity contribution in [3.05, 3.63) is 57.6 Å². The van der Waals surface area contributed by atoms with E-state index < -0.39 is 35.6 Å². The molecule has 0 amide bonds. The summed E-state index contributed by atoms with van der Waals surface area (Å²) < 4.78 is 52.9. The molecule has 2 aromatic rings. The summed E-state index contributed by atoms with van der Waals surface area (Å²) in [4.78, 5) is 9.47. The van der Waals surface area contributed by atoms with Crippen molar-refractivity contribution in [2.75, 3.05) is 18.8 Å². The molecule has 2 rings (SSSR count). The van der Waals surface area contributed by atoms with Crippen LogP contribution in [0.3, 0.4) is 0 Å². The summed E-state index contributed by atoms with van der Waals surface area (Å²) in [6.45, 7) is 3.57. The van der Waals surface area contributed by atoms with Gasteiger partial charge in [-0.1, -0.05) is 6.07 Å². The average Bonchev–Trinajstić information content (AvgIpc) is 2.52. The predicted molar refractivity (Wildman–Crippen MR) is 101 cm³/mol. The summed E-state index contributed by atoms with van der Waals surface area (Å²) in [5, 5.41) is 11.4. The van der Waals surface area contributed by atoms with Crippen LogP contribution in [0.15, 0.2) is 46.2 Å². The molecule has 146 valence electrons. The van der Waals surface area contributed by atoms with Crippen LogP contribution < -0.4 is 4.72 Å². The molecular weight excluding hydrogens is 394 g/mol. The fraction of sp³-hybridized carbons (Fsp3) is 0.250. The molecule has 27 heavy (non-hydrogen) atoms. The first-order chi connectivity index (χ1) is 12.3. The standard InChI is InChI=1S/C16H19N3O6S2/c1-11-7-12(2)9-13(8-11)17-26(22,23)16-6-5-14(10-15(16)19(20)21)27(24,25)18(3)4/h5-10,17H,1-4H3. The number of sulfonamides is 2. The molecule has 0 aromatic heterocycles. The lowest BCUT2D eigenvalue weighted by Gasteiger charge is -2.13. The molecule has 0 saturated carbocycles. The number of rotatable bonds is 6. The van der Waals surface area contributed by atoms with E-state index in [9.17, 15) is 26.9 Å². The van der Waals surface area contributed by atoms with E-state index in [0.717, 1.165) is 33.6 Å². The van der Waals surface area contributed by atoms with Crippen molar-refractivity contribution < 1.29 is 21.8 Å². The Hall–Kier alpha value is -2.50. The highest BCUT2D eigenvalue weighted by Gasteiger charge is 2.29. The van der Waals surface area contributed by atoms with Gasteiger partial charge in [-0.05, 0) is 49.2 Å². The molecule has 0 heterocycles. The van der Waals surface area contributed by atoms with E-state index in [-0.39, 0.29) is 10.6 Å². The number of nitrogens with zero attached hydrogens (tertiary/aromatic N) is 2. The summed E-state index contributed by atoms with van der Waals surface area (Å²) in [5.41, 5.74) is 1.06. The van der Waals surface area contributed by atoms with Gasteiger partial charge in [-0.15, -0.1) is 0 Å². The number of nitro benzene ring substituents is 1. The van der Waals surface area contributed by atoms with Crippen molar-refractivity contribution in [1.82, 2.24) is 4.31 Å². The summed E-state index contributed by atoms with van der Waals surface area (Å²) in [6, 6.07) is 7.70. The minimum atomic E-state index is -4.31. The van der Waals surface area contributed by atoms with Gasteiger partial charge in [0.1, 0.15) is 0 Å². The van der Waals surface area contributed by atoms with Gasteiger partial charge in [-0.2, -0.15) is 0 Å². The van der Waals surface area contributed by atoms with E-state index in [4.69, 9.17) is 0 Å². The number of nitrogens with one attached hydrogen (secondary N) is 1. The van der Waals surface area contributed by atoms with Gasteiger partial charge in [-0.3, -0.25) is 14.8 Å². The van der Waals surface area contributed by atoms with Crippen molar-refractivity contribution in [2.45, 2.75) is 23.6 Å². The highest BCUT2D eigenvalue weighted by atomic mass is 32.2. The summed E-state index contributed by atoms with van der Waals surface area (Å²) in [5.74, 6) is 0. The third kappa shape index (κ3) is 4.43. The SMILES string of the molecule is Cc1cc(C)cc(NS(=O)(=O)c2ccc(S(=O)(=O)N(C)C)cc2[N+](=O)[O-])c1. The number of nitro groups is 1. The van der Waals surface area contributed by atoms with Crippen LogP contribution in [-0.2, 0) is 20.0 Å². The van der Waals surface area contributed by atoms with Crippen molar-refractivity contribution in [2.24, 2.45) is 0 Å². The number of hydrogen-bond donors (Lipinski definition) is 1. The maximum Gasteiger partial charge on any atom is 0.291 e. The summed E-state index contributed by atoms with van der Waals surface area (Å²) >= 11 is 0. The zero-order chi connectivity index (χ0) is 20.6. The van der Waals surface area contributed by atoms with E-state index in [2.05, 4.69) is 4.72 Å². The third-order valence-electron chi connectivity index (χ3n) is 3.67. The summed E-state index contributed by atoms with van der Waals surface area (Å²) in [6.07, 6.45) is 0. The quantitative estimate of drug-likeness (QED) is 0.572. The fourth-order valence-corrected chi connectivity index (χ4v) is 4.60. The molecule has 2 aromatic carbocycles. The molecule has 11 heteroatoms. The second-order valence-corrected chi connectivity index (χ2v) is 9.96. The van der Waals surface area contributed by atoms with Gasteiger partial charge < -0.3 is 0 Å². The number of anilines is 1. The van der Waals surface area contributed by atoms with Crippen LogP contribution in [-0.4, -0.2) is 40.2 Å². The first-order valence-corrected chi connectivity index (χ1v) is 10.6. The lowest BCUT2D eigenvalue weighted by Crippen LogP contribution is -2.22. The Balaban J connectivity index is 2.58. The van der Waals surface area contributed by atoms with Crippen LogP contribution in [0.4, 0.5) is 11.4 Å². The van der Waals surface area contributed by atoms with E-state index in [1.165, 1.54) is 14.1 Å². The van der Waals surface area contributed by atoms with Gasteiger partial charge in [0, 0.05) is 25.8 Å². The maximum absolute atomic E-state index is 12.7. The first kappa shape index (κ1) is 20.8. The zero-order valence-corrected chi connectivity index (χ0v) is 16.8. The summed E-state index contributed by atoms with van der Waals surface area (Å²) in [7, 11) is -5.71. The fourth-order valence-electron chi connectivity index (χ4n) is 2.48. The molecule has 0 unspecified atom stereocenters. The van der Waals surface area contributed by atoms with Gasteiger partial charge in [0.2, 0.25) is 10.0 Å². The maximum atomic E-state index is 12.7. The van der Waals surface area contributed by atoms with Crippen LogP contribution in [0.25, 0.3) is 0 Å². The highest BCUT2D eigenvalue weighted by molar-refractivity contribution is 7.93. The van der Waals surface area contributed by atoms with Crippen molar-refractivity contribution in [3.63, 3.8) is 0 Å². The molecule has 0 fully saturated rings. The molecule has 0 atom stereocenters. The Morgan fingerprint density at radius 3 is 2.00 bits per heavy atom. The molecule has 0 aliphatic rings. The molecule has 0 radical (unpaired) electrons. The Labute approximate surface area is 157 Å². The molecular formula is C16H19N3O6S2. The normalized spacial score (nSPS) is 12.2. The molecule has 9 nitrogen and oxygen atoms in total. The highest BCUT2D eigenvalue weighted by Crippen LogP contribution is 2.29. The monoisotopic (exact) mass is 413 g/mol. The number of aryl methyl sites for hydroxylation is 2. The van der Waals surface area contributed by atoms with E-state index in [0.29, 0.717) is 0 Å². The Morgan fingerprint density at radius 1 is 0.963 bits per heavy atom. The predicted octanol–water partition coefficient (Wildman–Crippen LogP) is 2.26. The lowest BCUT2D eigenvalue weighted by atomic mass is 10.1. The van der Waals surface area contributed by atoms with Crippen molar-refractivity contribution >= 4 is 31.4 Å². The average molecular weight is 413 g/mol. The molecule has 0 spiro atoms. The van der Waals surface area contributed by atoms with Gasteiger partial charge in [-0.25, -0.2) is 21.1 Å². The van der Waals surface area contributed by atoms with Crippen LogP contribution >= 0.6 is 0 Å². The minimum Gasteiger partial charge on any atom is -0.279 e. The van der Waals surface area contributed by atoms with Gasteiger partial charge in [0.15, 0.2) is 4.90 Å². The van der Waals surface area contributed by atoms with Gasteiger partial charge >= 0.3 is 0 Å². The topological polar surface area (TPSA) is 127 Å². The van der Waals surface area contributed by atoms with Crippen molar-refractivity contribution in [1.29, 1.82) is 0 Å². The van der Waals surface area contributed by atoms with Crippen LogP contribution in [0.5, 0.6) is 0 Å². The second kappa shape index (κ2) is 7.25. The molecule has 1 N–H and O–H groups in total. The van der Waals surface area contributed by atoms with E-state index >= 15 is 0 Å². The third-order valence-corrected chi connectivity index (χ3v) is 6.91. The molecule has 0 aliphatic carbocycles. The van der Waals surface area contributed by atoms with Gasteiger partial charge in [0.25, 0.3) is 15.7 Å². The van der Waals surface area contributed by atoms with Crippen molar-refractivity contribution in [3.8, 4) is 0 Å². The zero-order valence-electron chi connectivity index (χ0n) is 15.1. The van der Waals surface area contributed by atoms with Crippen LogP contribution in [0.2, 0.25) is 0 Å². The first-order valence-electron chi connectivity index (χ1n) is 7.66. The Morgan fingerprint density at radius 2 is 1.52 bits per heavy atom. The molecule has 0 saturated heterocycles. The minimum absolute atomic E-state index is 0.256. The second-order valence-electron chi connectivity index (χ2n) is 6.16. The van der Waals surface area contributed by atoms with Crippen LogP contribution in [0.1, 0.15) is 11.1 Å². The molecule has 0 aliphatic heterocycles. The number of benzene rings is 2. The van der Waals surface area contributed by atoms with Crippen LogP contribution in [0, 0.1) is 24.0 Å². The number of hydrogen-bond acceptors (Lipinski definition) is 6. The largest absolute Gasteiger partial charge is 0.291 e. The van der Waals surface area contributed by atoms with E-state index in [1.54, 1.807) is 26.0 Å². The lowest BCUT2D eigenvalue weighted by molar-refractivity contribution is -0.388. The molecule has 0 bridgehead atoms. The van der Waals surface area contributed by atoms with E-state index in [1.807, 2.05) is 6.07 Å². The Bertz CT molecular complexity index is 1090. The van der Waals surface area contributed by atoms with Gasteiger partial charge in [0.05, 0.1) is 9.82 Å². The smallest absolute Gasteiger partial charge is 0.279 e. The Kier molecular flexibility index (Phi) is 5.59.